The highest BCUT2D eigenvalue weighted by Gasteiger charge is 2.10. The van der Waals surface area contributed by atoms with E-state index in [1.807, 2.05) is 19.1 Å². The highest BCUT2D eigenvalue weighted by Crippen LogP contribution is 2.19. The van der Waals surface area contributed by atoms with Crippen molar-refractivity contribution < 1.29 is 9.59 Å². The van der Waals surface area contributed by atoms with E-state index in [0.717, 1.165) is 11.1 Å². The summed E-state index contributed by atoms with van der Waals surface area (Å²) >= 11 is 11.7. The quantitative estimate of drug-likeness (QED) is 0.802. The zero-order valence-electron chi connectivity index (χ0n) is 12.5. The molecule has 2 rings (SSSR count). The van der Waals surface area contributed by atoms with Gasteiger partial charge >= 0.3 is 0 Å². The maximum Gasteiger partial charge on any atom is 0.233 e. The van der Waals surface area contributed by atoms with Gasteiger partial charge in [-0.2, -0.15) is 0 Å². The Balaban J connectivity index is 1.82. The van der Waals surface area contributed by atoms with E-state index in [1.54, 1.807) is 30.3 Å². The summed E-state index contributed by atoms with van der Waals surface area (Å²) in [5.74, 6) is -0.715. The summed E-state index contributed by atoms with van der Waals surface area (Å²) in [6, 6.07) is 12.3. The Morgan fingerprint density at radius 3 is 2.26 bits per heavy atom. The van der Waals surface area contributed by atoms with Crippen molar-refractivity contribution in [3.63, 3.8) is 0 Å². The summed E-state index contributed by atoms with van der Waals surface area (Å²) < 4.78 is 0. The van der Waals surface area contributed by atoms with Gasteiger partial charge in [-0.3, -0.25) is 9.59 Å². The van der Waals surface area contributed by atoms with Crippen LogP contribution in [0.25, 0.3) is 0 Å². The van der Waals surface area contributed by atoms with Gasteiger partial charge in [-0.1, -0.05) is 35.3 Å². The summed E-state index contributed by atoms with van der Waals surface area (Å²) in [5.41, 5.74) is 2.40. The van der Waals surface area contributed by atoms with Crippen LogP contribution in [0.1, 0.15) is 17.5 Å². The monoisotopic (exact) mass is 350 g/mol. The Hall–Kier alpha value is -2.04. The predicted octanol–water partition coefficient (Wildman–Crippen LogP) is 3.95. The lowest BCUT2D eigenvalue weighted by molar-refractivity contribution is -0.126. The maximum atomic E-state index is 11.9. The summed E-state index contributed by atoms with van der Waals surface area (Å²) in [6.45, 7) is 2.19. The second-order valence-corrected chi connectivity index (χ2v) is 5.96. The van der Waals surface area contributed by atoms with E-state index in [9.17, 15) is 9.59 Å². The average molecular weight is 351 g/mol. The van der Waals surface area contributed by atoms with Gasteiger partial charge in [0.1, 0.15) is 6.42 Å². The van der Waals surface area contributed by atoms with Crippen molar-refractivity contribution in [1.29, 1.82) is 0 Å². The first kappa shape index (κ1) is 17.3. The third kappa shape index (κ3) is 5.58. The number of aryl methyl sites for hydroxylation is 1. The lowest BCUT2D eigenvalue weighted by Crippen LogP contribution is -2.27. The third-order valence-corrected chi connectivity index (χ3v) is 3.67. The molecule has 4 nitrogen and oxygen atoms in total. The predicted molar refractivity (Wildman–Crippen MR) is 92.7 cm³/mol. The molecule has 0 bridgehead atoms. The molecule has 0 fully saturated rings. The van der Waals surface area contributed by atoms with Gasteiger partial charge in [0.05, 0.1) is 0 Å². The number of amides is 2. The van der Waals surface area contributed by atoms with Crippen LogP contribution in [0.2, 0.25) is 10.0 Å². The van der Waals surface area contributed by atoms with Crippen molar-refractivity contribution in [2.45, 2.75) is 19.9 Å². The zero-order valence-corrected chi connectivity index (χ0v) is 14.0. The first-order valence-electron chi connectivity index (χ1n) is 7.01. The highest BCUT2D eigenvalue weighted by molar-refractivity contribution is 6.31. The topological polar surface area (TPSA) is 58.2 Å². The third-order valence-electron chi connectivity index (χ3n) is 3.19. The second-order valence-electron chi connectivity index (χ2n) is 5.09. The van der Waals surface area contributed by atoms with Crippen LogP contribution in [0.3, 0.4) is 0 Å². The highest BCUT2D eigenvalue weighted by atomic mass is 35.5. The number of halogens is 2. The number of benzene rings is 2. The average Bonchev–Trinajstić information content (AvgIpc) is 2.49. The van der Waals surface area contributed by atoms with Crippen LogP contribution in [-0.4, -0.2) is 11.8 Å². The molecule has 2 amide bonds. The molecular weight excluding hydrogens is 335 g/mol. The number of rotatable bonds is 5. The normalized spacial score (nSPS) is 10.2. The Kier molecular flexibility index (Phi) is 6.02. The minimum atomic E-state index is -0.371. The second kappa shape index (κ2) is 7.99. The molecule has 2 aromatic carbocycles. The fourth-order valence-corrected chi connectivity index (χ4v) is 2.33. The van der Waals surface area contributed by atoms with E-state index in [0.29, 0.717) is 22.3 Å². The standard InChI is InChI=1S/C17H16Cl2N2O2/c1-11-8-14(19)6-7-15(11)21-17(23)9-16(22)20-10-12-2-4-13(18)5-3-12/h2-8H,9-10H2,1H3,(H,20,22)(H,21,23). The molecule has 120 valence electrons. The van der Waals surface area contributed by atoms with Gasteiger partial charge in [0.2, 0.25) is 11.8 Å². The SMILES string of the molecule is Cc1cc(Cl)ccc1NC(=O)CC(=O)NCc1ccc(Cl)cc1. The van der Waals surface area contributed by atoms with Crippen molar-refractivity contribution >= 4 is 40.7 Å². The maximum absolute atomic E-state index is 11.9. The molecule has 0 atom stereocenters. The molecule has 0 radical (unpaired) electrons. The Labute approximate surface area is 144 Å². The minimum Gasteiger partial charge on any atom is -0.352 e. The zero-order chi connectivity index (χ0) is 16.8. The van der Waals surface area contributed by atoms with Crippen LogP contribution >= 0.6 is 23.2 Å². The lowest BCUT2D eigenvalue weighted by Gasteiger charge is -2.09. The number of hydrogen-bond donors (Lipinski definition) is 2. The van der Waals surface area contributed by atoms with E-state index < -0.39 is 0 Å². The van der Waals surface area contributed by atoms with Crippen molar-refractivity contribution in [2.75, 3.05) is 5.32 Å². The van der Waals surface area contributed by atoms with Crippen LogP contribution in [-0.2, 0) is 16.1 Å². The van der Waals surface area contributed by atoms with Gasteiger partial charge in [0, 0.05) is 22.3 Å². The lowest BCUT2D eigenvalue weighted by atomic mass is 10.2. The van der Waals surface area contributed by atoms with Crippen molar-refractivity contribution in [2.24, 2.45) is 0 Å². The fourth-order valence-electron chi connectivity index (χ4n) is 1.97. The summed E-state index contributed by atoms with van der Waals surface area (Å²) in [6.07, 6.45) is -0.240. The van der Waals surface area contributed by atoms with Gasteiger partial charge < -0.3 is 10.6 Å². The van der Waals surface area contributed by atoms with Crippen LogP contribution in [0.15, 0.2) is 42.5 Å². The van der Waals surface area contributed by atoms with Gasteiger partial charge in [-0.25, -0.2) is 0 Å². The van der Waals surface area contributed by atoms with Crippen LogP contribution in [0, 0.1) is 6.92 Å². The van der Waals surface area contributed by atoms with Crippen LogP contribution < -0.4 is 10.6 Å². The summed E-state index contributed by atoms with van der Waals surface area (Å²) in [7, 11) is 0. The van der Waals surface area contributed by atoms with Gasteiger partial charge in [0.25, 0.3) is 0 Å². The molecule has 0 aliphatic rings. The molecule has 2 N–H and O–H groups in total. The number of anilines is 1. The van der Waals surface area contributed by atoms with Crippen molar-refractivity contribution in [1.82, 2.24) is 5.32 Å². The number of hydrogen-bond acceptors (Lipinski definition) is 2. The van der Waals surface area contributed by atoms with E-state index in [-0.39, 0.29) is 18.2 Å². The molecule has 0 aromatic heterocycles. The number of carbonyl (C=O) groups excluding carboxylic acids is 2. The van der Waals surface area contributed by atoms with Crippen LogP contribution in [0.4, 0.5) is 5.69 Å². The van der Waals surface area contributed by atoms with E-state index in [2.05, 4.69) is 10.6 Å². The van der Waals surface area contributed by atoms with E-state index >= 15 is 0 Å². The Morgan fingerprint density at radius 1 is 0.957 bits per heavy atom. The van der Waals surface area contributed by atoms with E-state index in [4.69, 9.17) is 23.2 Å². The fraction of sp³-hybridized carbons (Fsp3) is 0.176. The molecule has 0 aliphatic heterocycles. The molecule has 0 heterocycles. The van der Waals surface area contributed by atoms with Gasteiger partial charge in [0.15, 0.2) is 0 Å². The van der Waals surface area contributed by atoms with Crippen molar-refractivity contribution in [3.8, 4) is 0 Å². The summed E-state index contributed by atoms with van der Waals surface area (Å²) in [5, 5.41) is 6.63. The first-order chi connectivity index (χ1) is 10.9. The molecule has 0 saturated heterocycles. The first-order valence-corrected chi connectivity index (χ1v) is 7.77. The van der Waals surface area contributed by atoms with Crippen LogP contribution in [0.5, 0.6) is 0 Å². The van der Waals surface area contributed by atoms with Gasteiger partial charge in [-0.05, 0) is 48.4 Å². The Morgan fingerprint density at radius 2 is 1.61 bits per heavy atom. The number of carbonyl (C=O) groups is 2. The molecule has 0 aliphatic carbocycles. The molecule has 0 spiro atoms. The van der Waals surface area contributed by atoms with Crippen molar-refractivity contribution in [3.05, 3.63) is 63.6 Å². The minimum absolute atomic E-state index is 0.240. The van der Waals surface area contributed by atoms with Gasteiger partial charge in [-0.15, -0.1) is 0 Å². The Bertz CT molecular complexity index is 715. The molecule has 23 heavy (non-hydrogen) atoms. The molecule has 0 saturated carbocycles. The molecular formula is C17H16Cl2N2O2. The largest absolute Gasteiger partial charge is 0.352 e. The van der Waals surface area contributed by atoms with E-state index in [1.165, 1.54) is 0 Å². The summed E-state index contributed by atoms with van der Waals surface area (Å²) in [4.78, 5) is 23.7. The smallest absolute Gasteiger partial charge is 0.233 e. The molecule has 2 aromatic rings. The molecule has 6 heteroatoms. The number of nitrogens with one attached hydrogen (secondary N) is 2. The molecule has 0 unspecified atom stereocenters.